The van der Waals surface area contributed by atoms with Crippen LogP contribution < -0.4 is 0 Å². The number of benzene rings is 1. The number of hydrogen-bond acceptors (Lipinski definition) is 4. The number of amides is 1. The van der Waals surface area contributed by atoms with Gasteiger partial charge in [0.15, 0.2) is 0 Å². The number of likely N-dealkylation sites (tertiary alicyclic amines) is 1. The van der Waals surface area contributed by atoms with Crippen molar-refractivity contribution in [2.45, 2.75) is 83.7 Å². The molecule has 0 N–H and O–H groups in total. The Bertz CT molecular complexity index is 1270. The van der Waals surface area contributed by atoms with Gasteiger partial charge in [-0.1, -0.05) is 57.2 Å². The molecule has 204 valence electrons. The van der Waals surface area contributed by atoms with Crippen molar-refractivity contribution in [3.63, 3.8) is 0 Å². The van der Waals surface area contributed by atoms with Gasteiger partial charge in [-0.15, -0.1) is 5.10 Å². The lowest BCUT2D eigenvalue weighted by molar-refractivity contribution is -0.138. The Morgan fingerprint density at radius 1 is 1.00 bits per heavy atom. The minimum atomic E-state index is -4.36. The third kappa shape index (κ3) is 5.57. The van der Waals surface area contributed by atoms with Crippen molar-refractivity contribution < 1.29 is 18.0 Å². The summed E-state index contributed by atoms with van der Waals surface area (Å²) in [4.78, 5) is 24.1. The lowest BCUT2D eigenvalue weighted by Crippen LogP contribution is -2.30. The highest BCUT2D eigenvalue weighted by Gasteiger charge is 2.45. The number of aromatic nitrogens is 4. The molecule has 2 aliphatic rings. The fourth-order valence-corrected chi connectivity index (χ4v) is 6.39. The van der Waals surface area contributed by atoms with E-state index in [0.717, 1.165) is 30.7 Å². The first kappa shape index (κ1) is 26.6. The fraction of sp³-hybridized carbons (Fsp3) is 0.586. The molecule has 3 heterocycles. The summed E-state index contributed by atoms with van der Waals surface area (Å²) in [6.45, 7) is 5.20. The van der Waals surface area contributed by atoms with Gasteiger partial charge in [0.05, 0.1) is 5.56 Å². The van der Waals surface area contributed by atoms with E-state index < -0.39 is 11.7 Å². The number of halogens is 3. The second-order valence-corrected chi connectivity index (χ2v) is 11.0. The maximum absolute atomic E-state index is 13.5. The Hall–Kier alpha value is -2.97. The monoisotopic (exact) mass is 527 g/mol. The molecule has 38 heavy (non-hydrogen) atoms. The van der Waals surface area contributed by atoms with Crippen LogP contribution in [0.15, 0.2) is 30.3 Å². The predicted molar refractivity (Wildman–Crippen MR) is 139 cm³/mol. The smallest absolute Gasteiger partial charge is 0.335 e. The number of aryl methyl sites for hydroxylation is 2. The normalized spacial score (nSPS) is 21.4. The van der Waals surface area contributed by atoms with Crippen LogP contribution in [0.5, 0.6) is 0 Å². The van der Waals surface area contributed by atoms with Gasteiger partial charge in [0.1, 0.15) is 0 Å². The van der Waals surface area contributed by atoms with E-state index in [1.165, 1.54) is 37.8 Å². The first-order valence-corrected chi connectivity index (χ1v) is 13.9. The van der Waals surface area contributed by atoms with Crippen LogP contribution in [0, 0.1) is 18.8 Å². The molecule has 3 aromatic rings. The SMILES string of the molecule is CCCCCCCCc1cc(C)nc2nc(C(=O)N3C[C@H]4CC(c5ccccc5C(F)(F)F)C[C@H]4C3)nn12. The highest BCUT2D eigenvalue weighted by Crippen LogP contribution is 2.49. The summed E-state index contributed by atoms with van der Waals surface area (Å²) in [5, 5.41) is 4.55. The van der Waals surface area contributed by atoms with Crippen molar-refractivity contribution >= 4 is 11.7 Å². The molecule has 9 heteroatoms. The number of carbonyl (C=O) groups excluding carboxylic acids is 1. The van der Waals surface area contributed by atoms with Crippen LogP contribution in [0.2, 0.25) is 0 Å². The first-order valence-electron chi connectivity index (χ1n) is 13.9. The van der Waals surface area contributed by atoms with E-state index in [1.807, 2.05) is 13.0 Å². The molecule has 1 saturated heterocycles. The summed E-state index contributed by atoms with van der Waals surface area (Å²) in [5.41, 5.74) is 1.71. The number of unbranched alkanes of at least 4 members (excludes halogenated alkanes) is 5. The van der Waals surface area contributed by atoms with Crippen LogP contribution in [-0.2, 0) is 12.6 Å². The zero-order chi connectivity index (χ0) is 26.9. The Labute approximate surface area is 221 Å². The average molecular weight is 528 g/mol. The van der Waals surface area contributed by atoms with Gasteiger partial charge in [0.25, 0.3) is 11.7 Å². The molecule has 1 saturated carbocycles. The molecule has 1 aromatic carbocycles. The van der Waals surface area contributed by atoms with Crippen molar-refractivity contribution in [2.24, 2.45) is 11.8 Å². The van der Waals surface area contributed by atoms with Gasteiger partial charge in [-0.25, -0.2) is 9.50 Å². The Morgan fingerprint density at radius 2 is 1.68 bits per heavy atom. The van der Waals surface area contributed by atoms with Gasteiger partial charge in [-0.3, -0.25) is 4.79 Å². The van der Waals surface area contributed by atoms with Crippen LogP contribution in [0.4, 0.5) is 13.2 Å². The second kappa shape index (κ2) is 11.0. The minimum Gasteiger partial charge on any atom is -0.335 e. The van der Waals surface area contributed by atoms with Crippen LogP contribution in [-0.4, -0.2) is 43.5 Å². The number of hydrogen-bond donors (Lipinski definition) is 0. The number of alkyl halides is 3. The van der Waals surface area contributed by atoms with Crippen molar-refractivity contribution in [2.75, 3.05) is 13.1 Å². The van der Waals surface area contributed by atoms with Crippen molar-refractivity contribution in [1.29, 1.82) is 0 Å². The first-order chi connectivity index (χ1) is 18.2. The van der Waals surface area contributed by atoms with Gasteiger partial charge >= 0.3 is 6.18 Å². The zero-order valence-corrected chi connectivity index (χ0v) is 22.2. The topological polar surface area (TPSA) is 63.4 Å². The molecule has 0 bridgehead atoms. The lowest BCUT2D eigenvalue weighted by atomic mass is 9.91. The van der Waals surface area contributed by atoms with E-state index in [1.54, 1.807) is 21.5 Å². The molecule has 2 aromatic heterocycles. The van der Waals surface area contributed by atoms with Gasteiger partial charge in [0.2, 0.25) is 5.82 Å². The van der Waals surface area contributed by atoms with Gasteiger partial charge < -0.3 is 4.90 Å². The molecule has 3 atom stereocenters. The molecule has 1 aliphatic heterocycles. The summed E-state index contributed by atoms with van der Waals surface area (Å²) in [5.74, 6) is 0.603. The number of rotatable bonds is 9. The van der Waals surface area contributed by atoms with Crippen LogP contribution >= 0.6 is 0 Å². The second-order valence-electron chi connectivity index (χ2n) is 11.0. The molecule has 6 nitrogen and oxygen atoms in total. The highest BCUT2D eigenvalue weighted by atomic mass is 19.4. The minimum absolute atomic E-state index is 0.134. The largest absolute Gasteiger partial charge is 0.416 e. The summed E-state index contributed by atoms with van der Waals surface area (Å²) in [7, 11) is 0. The lowest BCUT2D eigenvalue weighted by Gasteiger charge is -2.21. The summed E-state index contributed by atoms with van der Waals surface area (Å²) in [6.07, 6.45) is 5.01. The Morgan fingerprint density at radius 3 is 2.39 bits per heavy atom. The maximum Gasteiger partial charge on any atom is 0.416 e. The standard InChI is InChI=1S/C29H36F3N5O/c1-3-4-5-6-7-8-11-23-14-19(2)33-28-34-26(35-37(23)28)27(38)36-17-21-15-20(16-22(21)18-36)24-12-9-10-13-25(24)29(30,31)32/h9-10,12-14,20-22H,3-8,11,15-18H2,1-2H3/t20?,21-,22+. The third-order valence-electron chi connectivity index (χ3n) is 8.24. The summed E-state index contributed by atoms with van der Waals surface area (Å²) < 4.78 is 42.3. The average Bonchev–Trinajstić information content (AvgIpc) is 3.58. The molecular weight excluding hydrogens is 491 g/mol. The molecule has 0 spiro atoms. The Balaban J connectivity index is 1.24. The van der Waals surface area contributed by atoms with E-state index in [-0.39, 0.29) is 29.5 Å². The number of fused-ring (bicyclic) bond motifs is 2. The fourth-order valence-electron chi connectivity index (χ4n) is 6.39. The van der Waals surface area contributed by atoms with E-state index in [2.05, 4.69) is 22.0 Å². The number of nitrogens with zero attached hydrogens (tertiary/aromatic N) is 5. The van der Waals surface area contributed by atoms with E-state index in [0.29, 0.717) is 37.3 Å². The van der Waals surface area contributed by atoms with Crippen molar-refractivity contribution in [3.8, 4) is 0 Å². The van der Waals surface area contributed by atoms with Crippen LogP contribution in [0.1, 0.15) is 97.3 Å². The van der Waals surface area contributed by atoms with E-state index in [9.17, 15) is 18.0 Å². The Kier molecular flexibility index (Phi) is 7.73. The molecule has 1 amide bonds. The van der Waals surface area contributed by atoms with Crippen molar-refractivity contribution in [3.05, 3.63) is 58.7 Å². The summed E-state index contributed by atoms with van der Waals surface area (Å²) in [6, 6.07) is 7.92. The molecule has 1 aliphatic carbocycles. The molecule has 2 fully saturated rings. The number of carbonyl (C=O) groups is 1. The maximum atomic E-state index is 13.5. The quantitative estimate of drug-likeness (QED) is 0.294. The predicted octanol–water partition coefficient (Wildman–Crippen LogP) is 6.62. The molecule has 1 unspecified atom stereocenters. The van der Waals surface area contributed by atoms with Crippen LogP contribution in [0.3, 0.4) is 0 Å². The van der Waals surface area contributed by atoms with Crippen molar-refractivity contribution in [1.82, 2.24) is 24.5 Å². The highest BCUT2D eigenvalue weighted by molar-refractivity contribution is 5.91. The van der Waals surface area contributed by atoms with E-state index >= 15 is 0 Å². The zero-order valence-electron chi connectivity index (χ0n) is 22.2. The molecular formula is C29H36F3N5O. The molecule has 5 rings (SSSR count). The van der Waals surface area contributed by atoms with Crippen LogP contribution in [0.25, 0.3) is 5.78 Å². The van der Waals surface area contributed by atoms with Gasteiger partial charge in [0, 0.05) is 24.5 Å². The van der Waals surface area contributed by atoms with E-state index in [4.69, 9.17) is 0 Å². The van der Waals surface area contributed by atoms with Gasteiger partial charge in [-0.05, 0) is 68.1 Å². The summed E-state index contributed by atoms with van der Waals surface area (Å²) >= 11 is 0. The third-order valence-corrected chi connectivity index (χ3v) is 8.24. The molecule has 0 radical (unpaired) electrons. The van der Waals surface area contributed by atoms with Gasteiger partial charge in [-0.2, -0.15) is 18.2 Å².